The monoisotopic (exact) mass is 306 g/mol. The van der Waals surface area contributed by atoms with Gasteiger partial charge in [-0.25, -0.2) is 8.42 Å². The number of hydrogen-bond donors (Lipinski definition) is 1. The highest BCUT2D eigenvalue weighted by Gasteiger charge is 2.30. The van der Waals surface area contributed by atoms with Gasteiger partial charge in [-0.15, -0.1) is 0 Å². The average Bonchev–Trinajstić information content (AvgIpc) is 2.87. The van der Waals surface area contributed by atoms with Crippen LogP contribution >= 0.6 is 11.8 Å². The van der Waals surface area contributed by atoms with Crippen molar-refractivity contribution in [1.82, 2.24) is 10.2 Å². The van der Waals surface area contributed by atoms with E-state index in [1.54, 1.807) is 11.8 Å². The molecule has 2 aliphatic rings. The van der Waals surface area contributed by atoms with Crippen LogP contribution in [0, 0.1) is 0 Å². The van der Waals surface area contributed by atoms with Crippen LogP contribution in [0.5, 0.6) is 0 Å². The van der Waals surface area contributed by atoms with Gasteiger partial charge in [0.05, 0.1) is 0 Å². The number of thioether (sulfide) groups is 1. The van der Waals surface area contributed by atoms with Crippen LogP contribution in [-0.4, -0.2) is 62.1 Å². The summed E-state index contributed by atoms with van der Waals surface area (Å²) in [6.45, 7) is 2.83. The number of rotatable bonds is 6. The molecule has 0 amide bonds. The van der Waals surface area contributed by atoms with Crippen LogP contribution in [0.15, 0.2) is 0 Å². The number of nitrogens with zero attached hydrogens (tertiary/aromatic N) is 1. The van der Waals surface area contributed by atoms with Crippen LogP contribution in [0.1, 0.15) is 32.1 Å². The van der Waals surface area contributed by atoms with E-state index in [4.69, 9.17) is 0 Å². The van der Waals surface area contributed by atoms with Crippen LogP contribution in [0.2, 0.25) is 0 Å². The van der Waals surface area contributed by atoms with Gasteiger partial charge in [0.2, 0.25) is 0 Å². The van der Waals surface area contributed by atoms with Gasteiger partial charge in [0.25, 0.3) is 0 Å². The highest BCUT2D eigenvalue weighted by Crippen LogP contribution is 2.20. The first-order valence-corrected chi connectivity index (χ1v) is 10.4. The zero-order chi connectivity index (χ0) is 13.7. The van der Waals surface area contributed by atoms with Gasteiger partial charge in [0.1, 0.15) is 5.37 Å². The van der Waals surface area contributed by atoms with Crippen LogP contribution in [0.25, 0.3) is 0 Å². The van der Waals surface area contributed by atoms with Gasteiger partial charge in [0.15, 0.2) is 9.84 Å². The zero-order valence-electron chi connectivity index (χ0n) is 11.8. The fraction of sp³-hybridized carbons (Fsp3) is 1.00. The van der Waals surface area contributed by atoms with E-state index in [-0.39, 0.29) is 5.37 Å². The molecule has 1 heterocycles. The van der Waals surface area contributed by atoms with Crippen LogP contribution in [-0.2, 0) is 9.84 Å². The summed E-state index contributed by atoms with van der Waals surface area (Å²) in [5, 5.41) is 3.33. The molecule has 1 saturated heterocycles. The summed E-state index contributed by atoms with van der Waals surface area (Å²) in [6, 6.07) is 0.711. The number of sulfone groups is 1. The van der Waals surface area contributed by atoms with Crippen molar-refractivity contribution in [1.29, 1.82) is 0 Å². The molecule has 0 aromatic heterocycles. The quantitative estimate of drug-likeness (QED) is 0.750. The molecule has 0 radical (unpaired) electrons. The van der Waals surface area contributed by atoms with Crippen molar-refractivity contribution < 1.29 is 8.42 Å². The van der Waals surface area contributed by atoms with E-state index < -0.39 is 9.84 Å². The van der Waals surface area contributed by atoms with Crippen molar-refractivity contribution in [3.05, 3.63) is 0 Å². The van der Waals surface area contributed by atoms with Gasteiger partial charge < -0.3 is 5.32 Å². The Balaban J connectivity index is 1.70. The Kier molecular flexibility index (Phi) is 5.99. The van der Waals surface area contributed by atoms with Crippen molar-refractivity contribution in [3.63, 3.8) is 0 Å². The first kappa shape index (κ1) is 15.6. The highest BCUT2D eigenvalue weighted by molar-refractivity contribution is 8.00. The number of nitrogens with one attached hydrogen (secondary N) is 1. The molecule has 1 aliphatic carbocycles. The molecule has 1 aliphatic heterocycles. The third-order valence-corrected chi connectivity index (χ3v) is 6.78. The van der Waals surface area contributed by atoms with E-state index in [1.807, 2.05) is 0 Å². The Morgan fingerprint density at radius 3 is 2.74 bits per heavy atom. The molecule has 1 N–H and O–H groups in total. The van der Waals surface area contributed by atoms with Crippen LogP contribution in [0.4, 0.5) is 0 Å². The molecule has 1 unspecified atom stereocenters. The lowest BCUT2D eigenvalue weighted by atomic mass is 10.2. The van der Waals surface area contributed by atoms with Crippen molar-refractivity contribution in [2.24, 2.45) is 0 Å². The Bertz CT molecular complexity index is 367. The average molecular weight is 306 g/mol. The third kappa shape index (κ3) is 4.92. The van der Waals surface area contributed by atoms with Gasteiger partial charge in [0, 0.05) is 36.9 Å². The molecule has 112 valence electrons. The normalized spacial score (nSPS) is 26.9. The predicted molar refractivity (Wildman–Crippen MR) is 82.4 cm³/mol. The summed E-state index contributed by atoms with van der Waals surface area (Å²) < 4.78 is 23.5. The minimum Gasteiger partial charge on any atom is -0.314 e. The first-order chi connectivity index (χ1) is 9.07. The smallest absolute Gasteiger partial charge is 0.164 e. The summed E-state index contributed by atoms with van der Waals surface area (Å²) in [5.41, 5.74) is 0. The molecule has 1 atom stereocenters. The maximum Gasteiger partial charge on any atom is 0.164 e. The van der Waals surface area contributed by atoms with Gasteiger partial charge in [-0.05, 0) is 25.8 Å². The largest absolute Gasteiger partial charge is 0.314 e. The summed E-state index contributed by atoms with van der Waals surface area (Å²) >= 11 is 1.76. The molecule has 2 fully saturated rings. The lowest BCUT2D eigenvalue weighted by molar-refractivity contribution is 0.264. The van der Waals surface area contributed by atoms with Crippen LogP contribution < -0.4 is 5.32 Å². The fourth-order valence-corrected chi connectivity index (χ4v) is 5.96. The van der Waals surface area contributed by atoms with Gasteiger partial charge >= 0.3 is 0 Å². The van der Waals surface area contributed by atoms with E-state index in [1.165, 1.54) is 31.9 Å². The third-order valence-electron chi connectivity index (χ3n) is 4.10. The van der Waals surface area contributed by atoms with E-state index in [0.29, 0.717) is 6.04 Å². The second-order valence-corrected chi connectivity index (χ2v) is 9.04. The summed E-state index contributed by atoms with van der Waals surface area (Å²) in [5.74, 6) is 1.79. The van der Waals surface area contributed by atoms with Gasteiger partial charge in [-0.2, -0.15) is 11.8 Å². The van der Waals surface area contributed by atoms with E-state index >= 15 is 0 Å². The van der Waals surface area contributed by atoms with E-state index in [9.17, 15) is 8.42 Å². The fourth-order valence-electron chi connectivity index (χ4n) is 2.98. The Labute approximate surface area is 121 Å². The summed E-state index contributed by atoms with van der Waals surface area (Å²) in [7, 11) is -2.94. The summed E-state index contributed by atoms with van der Waals surface area (Å²) in [4.78, 5) is 2.15. The molecular formula is C13H26N2O2S2. The maximum atomic E-state index is 11.8. The summed E-state index contributed by atoms with van der Waals surface area (Å²) in [6.07, 6.45) is 7.76. The minimum absolute atomic E-state index is 0.266. The Morgan fingerprint density at radius 2 is 2.05 bits per heavy atom. The Hall–Kier alpha value is 0.220. The van der Waals surface area contributed by atoms with Crippen molar-refractivity contribution in [3.8, 4) is 0 Å². The second kappa shape index (κ2) is 7.29. The van der Waals surface area contributed by atoms with E-state index in [0.717, 1.165) is 37.6 Å². The molecule has 0 aromatic carbocycles. The Morgan fingerprint density at radius 1 is 1.32 bits per heavy atom. The lowest BCUT2D eigenvalue weighted by Crippen LogP contribution is -2.47. The zero-order valence-corrected chi connectivity index (χ0v) is 13.4. The lowest BCUT2D eigenvalue weighted by Gasteiger charge is -2.34. The molecule has 2 rings (SSSR count). The van der Waals surface area contributed by atoms with Crippen LogP contribution in [0.3, 0.4) is 0 Å². The predicted octanol–water partition coefficient (Wildman–Crippen LogP) is 1.33. The molecule has 19 heavy (non-hydrogen) atoms. The topological polar surface area (TPSA) is 49.4 Å². The SMILES string of the molecule is CS(=O)(=O)C1CSCCN1CCCNC1CCCC1. The van der Waals surface area contributed by atoms with Gasteiger partial charge in [-0.1, -0.05) is 12.8 Å². The first-order valence-electron chi connectivity index (χ1n) is 7.31. The molecule has 6 heteroatoms. The van der Waals surface area contributed by atoms with Gasteiger partial charge in [-0.3, -0.25) is 4.90 Å². The van der Waals surface area contributed by atoms with Crippen molar-refractivity contribution in [2.75, 3.05) is 37.4 Å². The molecule has 4 nitrogen and oxygen atoms in total. The maximum absolute atomic E-state index is 11.8. The van der Waals surface area contributed by atoms with Crippen molar-refractivity contribution >= 4 is 21.6 Å². The molecule has 0 bridgehead atoms. The number of hydrogen-bond acceptors (Lipinski definition) is 5. The molecule has 0 spiro atoms. The highest BCUT2D eigenvalue weighted by atomic mass is 32.2. The van der Waals surface area contributed by atoms with E-state index in [2.05, 4.69) is 10.2 Å². The molecule has 0 aromatic rings. The molecular weight excluding hydrogens is 280 g/mol. The standard InChI is InChI=1S/C13H26N2O2S2/c1-19(16,17)13-11-18-10-9-15(13)8-4-7-14-12-5-2-3-6-12/h12-14H,2-11H2,1H3. The van der Waals surface area contributed by atoms with Crippen molar-refractivity contribution in [2.45, 2.75) is 43.5 Å². The minimum atomic E-state index is -2.94. The second-order valence-electron chi connectivity index (χ2n) is 5.68. The molecule has 1 saturated carbocycles.